The van der Waals surface area contributed by atoms with Crippen LogP contribution in [0.25, 0.3) is 0 Å². The van der Waals surface area contributed by atoms with Crippen molar-refractivity contribution in [3.63, 3.8) is 0 Å². The Morgan fingerprint density at radius 2 is 1.65 bits per heavy atom. The van der Waals surface area contributed by atoms with Crippen LogP contribution in [0.3, 0.4) is 0 Å². The van der Waals surface area contributed by atoms with Crippen molar-refractivity contribution in [2.45, 2.75) is 24.8 Å². The zero-order valence-electron chi connectivity index (χ0n) is 17.5. The predicted octanol–water partition coefficient (Wildman–Crippen LogP) is 4.56. The monoisotopic (exact) mass is 434 g/mol. The van der Waals surface area contributed by atoms with Crippen molar-refractivity contribution in [1.29, 1.82) is 0 Å². The number of sulfonamides is 1. The SMILES string of the molecule is CC1CCN(C(=O)c2cccc(S(=O)(=O)N(Cc3ccccc3)c3ccccc3)c2)C1. The number of hydrogen-bond donors (Lipinski definition) is 0. The van der Waals surface area contributed by atoms with Gasteiger partial charge in [-0.2, -0.15) is 0 Å². The average Bonchev–Trinajstić information content (AvgIpc) is 3.24. The molecule has 4 rings (SSSR count). The molecule has 5 nitrogen and oxygen atoms in total. The lowest BCUT2D eigenvalue weighted by Crippen LogP contribution is -2.31. The molecule has 0 radical (unpaired) electrons. The number of para-hydroxylation sites is 1. The molecule has 3 aromatic rings. The fraction of sp³-hybridized carbons (Fsp3) is 0.240. The molecule has 3 aromatic carbocycles. The lowest BCUT2D eigenvalue weighted by Gasteiger charge is -2.25. The van der Waals surface area contributed by atoms with Crippen molar-refractivity contribution >= 4 is 21.6 Å². The normalized spacial score (nSPS) is 16.3. The van der Waals surface area contributed by atoms with Crippen molar-refractivity contribution in [3.05, 3.63) is 96.1 Å². The zero-order chi connectivity index (χ0) is 21.8. The van der Waals surface area contributed by atoms with Crippen molar-refractivity contribution in [1.82, 2.24) is 4.90 Å². The molecule has 1 amide bonds. The van der Waals surface area contributed by atoms with E-state index in [1.54, 1.807) is 35.2 Å². The second kappa shape index (κ2) is 8.94. The Morgan fingerprint density at radius 3 is 2.29 bits per heavy atom. The maximum Gasteiger partial charge on any atom is 0.264 e. The zero-order valence-corrected chi connectivity index (χ0v) is 18.3. The molecule has 1 fully saturated rings. The van der Waals surface area contributed by atoms with E-state index in [0.717, 1.165) is 12.0 Å². The van der Waals surface area contributed by atoms with Gasteiger partial charge in [0.15, 0.2) is 0 Å². The van der Waals surface area contributed by atoms with Crippen LogP contribution in [-0.2, 0) is 16.6 Å². The van der Waals surface area contributed by atoms with Crippen LogP contribution in [0.4, 0.5) is 5.69 Å². The van der Waals surface area contributed by atoms with E-state index in [2.05, 4.69) is 6.92 Å². The number of amides is 1. The third kappa shape index (κ3) is 4.64. The third-order valence-electron chi connectivity index (χ3n) is 5.59. The van der Waals surface area contributed by atoms with Gasteiger partial charge in [-0.15, -0.1) is 0 Å². The van der Waals surface area contributed by atoms with Crippen LogP contribution in [0.1, 0.15) is 29.3 Å². The van der Waals surface area contributed by atoms with E-state index in [4.69, 9.17) is 0 Å². The molecule has 31 heavy (non-hydrogen) atoms. The molecule has 0 bridgehead atoms. The van der Waals surface area contributed by atoms with Gasteiger partial charge in [0.05, 0.1) is 17.1 Å². The molecule has 1 atom stereocenters. The summed E-state index contributed by atoms with van der Waals surface area (Å²) in [4.78, 5) is 14.8. The maximum absolute atomic E-state index is 13.7. The molecule has 160 valence electrons. The van der Waals surface area contributed by atoms with Gasteiger partial charge in [0.2, 0.25) is 0 Å². The Labute approximate surface area is 184 Å². The molecule has 1 heterocycles. The number of hydrogen-bond acceptors (Lipinski definition) is 3. The van der Waals surface area contributed by atoms with Crippen LogP contribution in [0.2, 0.25) is 0 Å². The maximum atomic E-state index is 13.7. The first kappa shape index (κ1) is 21.1. The van der Waals surface area contributed by atoms with Crippen molar-refractivity contribution < 1.29 is 13.2 Å². The Morgan fingerprint density at radius 1 is 0.968 bits per heavy atom. The molecular weight excluding hydrogens is 408 g/mol. The van der Waals surface area contributed by atoms with Crippen molar-refractivity contribution in [3.8, 4) is 0 Å². The fourth-order valence-electron chi connectivity index (χ4n) is 3.88. The molecule has 0 spiro atoms. The Balaban J connectivity index is 1.69. The lowest BCUT2D eigenvalue weighted by molar-refractivity contribution is 0.0788. The van der Waals surface area contributed by atoms with Gasteiger partial charge in [-0.1, -0.05) is 61.5 Å². The smallest absolute Gasteiger partial charge is 0.264 e. The van der Waals surface area contributed by atoms with E-state index in [1.807, 2.05) is 48.5 Å². The van der Waals surface area contributed by atoms with E-state index < -0.39 is 10.0 Å². The van der Waals surface area contributed by atoms with E-state index in [9.17, 15) is 13.2 Å². The molecular formula is C25H26N2O3S. The number of carbonyl (C=O) groups excluding carboxylic acids is 1. The van der Waals surface area contributed by atoms with Crippen LogP contribution in [0, 0.1) is 5.92 Å². The Kier molecular flexibility index (Phi) is 6.09. The highest BCUT2D eigenvalue weighted by atomic mass is 32.2. The summed E-state index contributed by atoms with van der Waals surface area (Å²) < 4.78 is 28.8. The van der Waals surface area contributed by atoms with Gasteiger partial charge in [-0.25, -0.2) is 8.42 Å². The lowest BCUT2D eigenvalue weighted by atomic mass is 10.2. The summed E-state index contributed by atoms with van der Waals surface area (Å²) in [5.74, 6) is 0.353. The Bertz CT molecular complexity index is 1150. The number of carbonyl (C=O) groups is 1. The highest BCUT2D eigenvalue weighted by Crippen LogP contribution is 2.27. The summed E-state index contributed by atoms with van der Waals surface area (Å²) in [5, 5.41) is 0. The van der Waals surface area contributed by atoms with E-state index in [1.165, 1.54) is 10.4 Å². The first-order valence-electron chi connectivity index (χ1n) is 10.5. The van der Waals surface area contributed by atoms with Crippen LogP contribution >= 0.6 is 0 Å². The average molecular weight is 435 g/mol. The fourth-order valence-corrected chi connectivity index (χ4v) is 5.38. The van der Waals surface area contributed by atoms with Crippen LogP contribution < -0.4 is 4.31 Å². The molecule has 1 aliphatic rings. The van der Waals surface area contributed by atoms with Gasteiger partial charge >= 0.3 is 0 Å². The molecule has 1 unspecified atom stereocenters. The Hall–Kier alpha value is -3.12. The highest BCUT2D eigenvalue weighted by Gasteiger charge is 2.28. The summed E-state index contributed by atoms with van der Waals surface area (Å²) >= 11 is 0. The minimum Gasteiger partial charge on any atom is -0.338 e. The molecule has 6 heteroatoms. The molecule has 1 saturated heterocycles. The van der Waals surface area contributed by atoms with Gasteiger partial charge in [0, 0.05) is 18.7 Å². The van der Waals surface area contributed by atoms with Crippen molar-refractivity contribution in [2.75, 3.05) is 17.4 Å². The minimum absolute atomic E-state index is 0.115. The van der Waals surface area contributed by atoms with Crippen molar-refractivity contribution in [2.24, 2.45) is 5.92 Å². The summed E-state index contributed by atoms with van der Waals surface area (Å²) in [5.41, 5.74) is 1.87. The summed E-state index contributed by atoms with van der Waals surface area (Å²) in [6.45, 7) is 3.74. The first-order valence-corrected chi connectivity index (χ1v) is 11.9. The quantitative estimate of drug-likeness (QED) is 0.571. The van der Waals surface area contributed by atoms with Crippen LogP contribution in [-0.4, -0.2) is 32.3 Å². The third-order valence-corrected chi connectivity index (χ3v) is 7.36. The second-order valence-electron chi connectivity index (χ2n) is 8.01. The number of benzene rings is 3. The van der Waals surface area contributed by atoms with E-state index in [0.29, 0.717) is 30.3 Å². The molecule has 0 N–H and O–H groups in total. The number of nitrogens with zero attached hydrogens (tertiary/aromatic N) is 2. The molecule has 0 aromatic heterocycles. The topological polar surface area (TPSA) is 57.7 Å². The molecule has 1 aliphatic heterocycles. The molecule has 0 saturated carbocycles. The first-order chi connectivity index (χ1) is 14.9. The second-order valence-corrected chi connectivity index (χ2v) is 9.87. The molecule has 0 aliphatic carbocycles. The van der Waals surface area contributed by atoms with Crippen LogP contribution in [0.5, 0.6) is 0 Å². The van der Waals surface area contributed by atoms with Gasteiger partial charge in [0.25, 0.3) is 15.9 Å². The van der Waals surface area contributed by atoms with Crippen LogP contribution in [0.15, 0.2) is 89.8 Å². The number of rotatable bonds is 6. The number of anilines is 1. The highest BCUT2D eigenvalue weighted by molar-refractivity contribution is 7.92. The van der Waals surface area contributed by atoms with Gasteiger partial charge in [-0.05, 0) is 48.2 Å². The standard InChI is InChI=1S/C25H26N2O3S/c1-20-15-16-26(18-20)25(28)22-11-8-14-24(17-22)31(29,30)27(23-12-6-3-7-13-23)19-21-9-4-2-5-10-21/h2-14,17,20H,15-16,18-19H2,1H3. The van der Waals surface area contributed by atoms with Gasteiger partial charge in [-0.3, -0.25) is 9.10 Å². The summed E-state index contributed by atoms with van der Waals surface area (Å²) in [6.07, 6.45) is 0.975. The van der Waals surface area contributed by atoms with Gasteiger partial charge < -0.3 is 4.90 Å². The summed E-state index contributed by atoms with van der Waals surface area (Å²) in [6, 6.07) is 24.9. The minimum atomic E-state index is -3.88. The van der Waals surface area contributed by atoms with E-state index in [-0.39, 0.29) is 17.3 Å². The number of likely N-dealkylation sites (tertiary alicyclic amines) is 1. The summed E-state index contributed by atoms with van der Waals surface area (Å²) in [7, 11) is -3.88. The van der Waals surface area contributed by atoms with E-state index >= 15 is 0 Å². The van der Waals surface area contributed by atoms with Gasteiger partial charge in [0.1, 0.15) is 0 Å². The predicted molar refractivity (Wildman–Crippen MR) is 122 cm³/mol. The largest absolute Gasteiger partial charge is 0.338 e.